The fraction of sp³-hybridized carbons (Fsp3) is 0.368. The number of nitrogens with zero attached hydrogens (tertiary/aromatic N) is 4. The maximum atomic E-state index is 12.5. The molecule has 1 aromatic carbocycles. The summed E-state index contributed by atoms with van der Waals surface area (Å²) in [7, 11) is 0. The molecular formula is C19H22N6O. The number of anilines is 1. The zero-order chi connectivity index (χ0) is 17.9. The summed E-state index contributed by atoms with van der Waals surface area (Å²) in [4.78, 5) is 23.5. The van der Waals surface area contributed by atoms with Crippen LogP contribution in [0.3, 0.4) is 0 Å². The van der Waals surface area contributed by atoms with Gasteiger partial charge in [0.15, 0.2) is 0 Å². The average molecular weight is 350 g/mol. The molecule has 2 aromatic heterocycles. The van der Waals surface area contributed by atoms with E-state index in [4.69, 9.17) is 0 Å². The van der Waals surface area contributed by atoms with Gasteiger partial charge in [-0.15, -0.1) is 0 Å². The summed E-state index contributed by atoms with van der Waals surface area (Å²) in [5.41, 5.74) is 2.98. The third-order valence-electron chi connectivity index (χ3n) is 5.07. The summed E-state index contributed by atoms with van der Waals surface area (Å²) in [6.45, 7) is 4.13. The van der Waals surface area contributed by atoms with Gasteiger partial charge in [0.25, 0.3) is 0 Å². The van der Waals surface area contributed by atoms with Gasteiger partial charge in [-0.3, -0.25) is 9.89 Å². The van der Waals surface area contributed by atoms with E-state index in [9.17, 15) is 4.79 Å². The number of H-pyrrole nitrogens is 1. The minimum atomic E-state index is 0.0477. The number of benzene rings is 1. The molecule has 7 heteroatoms. The van der Waals surface area contributed by atoms with Crippen molar-refractivity contribution in [3.8, 4) is 0 Å². The first kappa shape index (κ1) is 16.5. The zero-order valence-electron chi connectivity index (χ0n) is 14.8. The number of aryl methyl sites for hydroxylation is 1. The van der Waals surface area contributed by atoms with Crippen molar-refractivity contribution in [3.63, 3.8) is 0 Å². The van der Waals surface area contributed by atoms with Gasteiger partial charge in [0, 0.05) is 42.2 Å². The molecule has 0 spiro atoms. The SMILES string of the molecule is Cc1[nH]ncc1CNC(=O)C1CCN(c2ncnc3ccccc23)CC1. The summed E-state index contributed by atoms with van der Waals surface area (Å²) in [6, 6.07) is 8.04. The van der Waals surface area contributed by atoms with Crippen molar-refractivity contribution in [2.75, 3.05) is 18.0 Å². The number of aromatic amines is 1. The highest BCUT2D eigenvalue weighted by Crippen LogP contribution is 2.27. The predicted molar refractivity (Wildman–Crippen MR) is 99.6 cm³/mol. The quantitative estimate of drug-likeness (QED) is 0.753. The Balaban J connectivity index is 1.38. The van der Waals surface area contributed by atoms with Crippen LogP contribution in [0.2, 0.25) is 0 Å². The van der Waals surface area contributed by atoms with Crippen molar-refractivity contribution in [2.45, 2.75) is 26.3 Å². The van der Waals surface area contributed by atoms with E-state index in [1.807, 2.05) is 25.1 Å². The molecule has 4 rings (SSSR count). The van der Waals surface area contributed by atoms with Crippen LogP contribution < -0.4 is 10.2 Å². The lowest BCUT2D eigenvalue weighted by Crippen LogP contribution is -2.40. The molecule has 1 saturated heterocycles. The van der Waals surface area contributed by atoms with Gasteiger partial charge in [-0.2, -0.15) is 5.10 Å². The van der Waals surface area contributed by atoms with Gasteiger partial charge < -0.3 is 10.2 Å². The minimum Gasteiger partial charge on any atom is -0.356 e. The Morgan fingerprint density at radius 3 is 2.85 bits per heavy atom. The van der Waals surface area contributed by atoms with Gasteiger partial charge in [-0.1, -0.05) is 12.1 Å². The van der Waals surface area contributed by atoms with Crippen molar-refractivity contribution in [2.24, 2.45) is 5.92 Å². The van der Waals surface area contributed by atoms with E-state index in [0.717, 1.165) is 53.9 Å². The molecule has 1 amide bonds. The van der Waals surface area contributed by atoms with Crippen LogP contribution in [0.15, 0.2) is 36.8 Å². The maximum absolute atomic E-state index is 12.5. The molecule has 0 atom stereocenters. The summed E-state index contributed by atoms with van der Waals surface area (Å²) in [5, 5.41) is 11.0. The van der Waals surface area contributed by atoms with Crippen LogP contribution >= 0.6 is 0 Å². The first-order valence-electron chi connectivity index (χ1n) is 8.93. The second kappa shape index (κ2) is 7.11. The van der Waals surface area contributed by atoms with Gasteiger partial charge >= 0.3 is 0 Å². The van der Waals surface area contributed by atoms with E-state index in [1.54, 1.807) is 12.5 Å². The van der Waals surface area contributed by atoms with E-state index in [2.05, 4.69) is 36.4 Å². The van der Waals surface area contributed by atoms with Gasteiger partial charge in [0.05, 0.1) is 11.7 Å². The van der Waals surface area contributed by atoms with Crippen LogP contribution in [-0.2, 0) is 11.3 Å². The zero-order valence-corrected chi connectivity index (χ0v) is 14.8. The van der Waals surface area contributed by atoms with E-state index < -0.39 is 0 Å². The molecule has 1 aliphatic rings. The molecule has 1 aliphatic heterocycles. The minimum absolute atomic E-state index is 0.0477. The van der Waals surface area contributed by atoms with Crippen molar-refractivity contribution in [1.82, 2.24) is 25.5 Å². The standard InChI is InChI=1S/C19H22N6O/c1-13-15(11-23-24-13)10-20-19(26)14-6-8-25(9-7-14)18-16-4-2-3-5-17(16)21-12-22-18/h2-5,11-12,14H,6-10H2,1H3,(H,20,26)(H,23,24). The Hall–Kier alpha value is -2.96. The third-order valence-corrected chi connectivity index (χ3v) is 5.07. The number of amides is 1. The molecule has 0 aliphatic carbocycles. The summed E-state index contributed by atoms with van der Waals surface area (Å²) >= 11 is 0. The van der Waals surface area contributed by atoms with Gasteiger partial charge in [-0.05, 0) is 31.9 Å². The topological polar surface area (TPSA) is 86.8 Å². The number of aromatic nitrogens is 4. The van der Waals surface area contributed by atoms with Crippen molar-refractivity contribution >= 4 is 22.6 Å². The number of carbonyl (C=O) groups is 1. The number of hydrogen-bond acceptors (Lipinski definition) is 5. The second-order valence-electron chi connectivity index (χ2n) is 6.71. The van der Waals surface area contributed by atoms with E-state index in [1.165, 1.54) is 0 Å². The number of hydrogen-bond donors (Lipinski definition) is 2. The lowest BCUT2D eigenvalue weighted by Gasteiger charge is -2.32. The highest BCUT2D eigenvalue weighted by atomic mass is 16.1. The highest BCUT2D eigenvalue weighted by Gasteiger charge is 2.26. The van der Waals surface area contributed by atoms with Gasteiger partial charge in [0.2, 0.25) is 5.91 Å². The van der Waals surface area contributed by atoms with Crippen LogP contribution in [0.25, 0.3) is 10.9 Å². The van der Waals surface area contributed by atoms with Crippen LogP contribution in [-0.4, -0.2) is 39.2 Å². The summed E-state index contributed by atoms with van der Waals surface area (Å²) < 4.78 is 0. The van der Waals surface area contributed by atoms with E-state index >= 15 is 0 Å². The first-order chi connectivity index (χ1) is 12.7. The fourth-order valence-electron chi connectivity index (χ4n) is 3.48. The van der Waals surface area contributed by atoms with E-state index in [0.29, 0.717) is 6.54 Å². The molecule has 0 bridgehead atoms. The van der Waals surface area contributed by atoms with Crippen LogP contribution in [0, 0.1) is 12.8 Å². The Morgan fingerprint density at radius 1 is 1.27 bits per heavy atom. The molecule has 26 heavy (non-hydrogen) atoms. The Bertz CT molecular complexity index is 908. The molecular weight excluding hydrogens is 328 g/mol. The van der Waals surface area contributed by atoms with Gasteiger partial charge in [-0.25, -0.2) is 9.97 Å². The maximum Gasteiger partial charge on any atom is 0.223 e. The van der Waals surface area contributed by atoms with Crippen molar-refractivity contribution in [3.05, 3.63) is 48.0 Å². The first-order valence-corrected chi connectivity index (χ1v) is 8.93. The molecule has 1 fully saturated rings. The predicted octanol–water partition coefficient (Wildman–Crippen LogP) is 2.19. The Kier molecular flexibility index (Phi) is 4.51. The van der Waals surface area contributed by atoms with Crippen molar-refractivity contribution in [1.29, 1.82) is 0 Å². The smallest absolute Gasteiger partial charge is 0.223 e. The largest absolute Gasteiger partial charge is 0.356 e. The number of carbonyl (C=O) groups excluding carboxylic acids is 1. The number of rotatable bonds is 4. The number of nitrogens with one attached hydrogen (secondary N) is 2. The fourth-order valence-corrected chi connectivity index (χ4v) is 3.48. The lowest BCUT2D eigenvalue weighted by atomic mass is 9.95. The number of fused-ring (bicyclic) bond motifs is 1. The van der Waals surface area contributed by atoms with E-state index in [-0.39, 0.29) is 11.8 Å². The molecule has 0 saturated carbocycles. The summed E-state index contributed by atoms with van der Waals surface area (Å²) in [6.07, 6.45) is 5.03. The molecule has 7 nitrogen and oxygen atoms in total. The monoisotopic (exact) mass is 350 g/mol. The molecule has 134 valence electrons. The normalized spacial score (nSPS) is 15.3. The lowest BCUT2D eigenvalue weighted by molar-refractivity contribution is -0.125. The molecule has 0 unspecified atom stereocenters. The molecule has 3 heterocycles. The summed E-state index contributed by atoms with van der Waals surface area (Å²) in [5.74, 6) is 1.13. The second-order valence-corrected chi connectivity index (χ2v) is 6.71. The van der Waals surface area contributed by atoms with Crippen LogP contribution in [0.4, 0.5) is 5.82 Å². The van der Waals surface area contributed by atoms with Crippen LogP contribution in [0.1, 0.15) is 24.1 Å². The van der Waals surface area contributed by atoms with Gasteiger partial charge in [0.1, 0.15) is 12.1 Å². The Morgan fingerprint density at radius 2 is 2.08 bits per heavy atom. The molecule has 0 radical (unpaired) electrons. The molecule has 2 N–H and O–H groups in total. The molecule has 3 aromatic rings. The third kappa shape index (κ3) is 3.24. The number of para-hydroxylation sites is 1. The van der Waals surface area contributed by atoms with Crippen LogP contribution in [0.5, 0.6) is 0 Å². The Labute approximate surface area is 151 Å². The number of piperidine rings is 1. The highest BCUT2D eigenvalue weighted by molar-refractivity contribution is 5.89. The van der Waals surface area contributed by atoms with Crippen molar-refractivity contribution < 1.29 is 4.79 Å². The average Bonchev–Trinajstić information content (AvgIpc) is 3.10.